The minimum absolute atomic E-state index is 0.0840. The number of rotatable bonds is 12. The summed E-state index contributed by atoms with van der Waals surface area (Å²) in [6.07, 6.45) is 6.83. The maximum Gasteiger partial charge on any atom is 0.337 e. The Morgan fingerprint density at radius 2 is 1.73 bits per heavy atom. The Kier molecular flexibility index (Phi) is 11.5. The van der Waals surface area contributed by atoms with Crippen molar-refractivity contribution in [3.63, 3.8) is 0 Å². The van der Waals surface area contributed by atoms with E-state index in [0.29, 0.717) is 49.0 Å². The summed E-state index contributed by atoms with van der Waals surface area (Å²) in [5, 5.41) is 16.9. The van der Waals surface area contributed by atoms with Crippen LogP contribution < -0.4 is 10.6 Å². The van der Waals surface area contributed by atoms with E-state index in [1.807, 2.05) is 37.8 Å². The van der Waals surface area contributed by atoms with Crippen LogP contribution in [0.25, 0.3) is 0 Å². The molecule has 0 bridgehead atoms. The number of hydrogen-bond donors (Lipinski definition) is 3. The molecule has 10 heteroatoms. The lowest BCUT2D eigenvalue weighted by Crippen LogP contribution is -2.58. The average Bonchev–Trinajstić information content (AvgIpc) is 3.46. The first-order valence-electron chi connectivity index (χ1n) is 14.4. The molecule has 1 aromatic rings. The molecule has 10 nitrogen and oxygen atoms in total. The van der Waals surface area contributed by atoms with Crippen LogP contribution in [0.1, 0.15) is 81.6 Å². The zero-order valence-electron chi connectivity index (χ0n) is 24.4. The second kappa shape index (κ2) is 14.6. The topological polar surface area (TPSA) is 128 Å². The second-order valence-electron chi connectivity index (χ2n) is 12.3. The number of carbonyl (C=O) groups excluding carboxylic acids is 4. The summed E-state index contributed by atoms with van der Waals surface area (Å²) in [5.41, 5.74) is 1.06. The van der Waals surface area contributed by atoms with Gasteiger partial charge < -0.3 is 20.3 Å². The highest BCUT2D eigenvalue weighted by Crippen LogP contribution is 2.31. The number of nitrogens with one attached hydrogen (secondary N) is 2. The summed E-state index contributed by atoms with van der Waals surface area (Å²) < 4.78 is 4.74. The van der Waals surface area contributed by atoms with Gasteiger partial charge in [-0.3, -0.25) is 19.6 Å². The van der Waals surface area contributed by atoms with E-state index >= 15 is 0 Å². The van der Waals surface area contributed by atoms with E-state index in [0.717, 1.165) is 44.1 Å². The van der Waals surface area contributed by atoms with E-state index in [1.165, 1.54) is 7.11 Å². The van der Waals surface area contributed by atoms with Gasteiger partial charge in [-0.05, 0) is 48.3 Å². The van der Waals surface area contributed by atoms with Crippen LogP contribution in [0.2, 0.25) is 0 Å². The molecule has 3 N–H and O–H groups in total. The van der Waals surface area contributed by atoms with Crippen LogP contribution in [0.15, 0.2) is 24.3 Å². The van der Waals surface area contributed by atoms with Gasteiger partial charge in [0.2, 0.25) is 18.2 Å². The number of benzene rings is 1. The molecular formula is C30H46N4O6. The molecule has 1 unspecified atom stereocenters. The van der Waals surface area contributed by atoms with Crippen molar-refractivity contribution in [3.05, 3.63) is 35.4 Å². The lowest BCUT2D eigenvalue weighted by molar-refractivity contribution is -0.156. The number of nitrogens with zero attached hydrogens (tertiary/aromatic N) is 2. The van der Waals surface area contributed by atoms with Gasteiger partial charge in [-0.2, -0.15) is 0 Å². The molecule has 3 amide bonds. The van der Waals surface area contributed by atoms with Crippen molar-refractivity contribution in [2.24, 2.45) is 17.3 Å². The molecule has 1 saturated carbocycles. The zero-order valence-corrected chi connectivity index (χ0v) is 24.4. The maximum atomic E-state index is 13.7. The van der Waals surface area contributed by atoms with Crippen LogP contribution >= 0.6 is 0 Å². The van der Waals surface area contributed by atoms with Crippen molar-refractivity contribution in [1.82, 2.24) is 20.6 Å². The van der Waals surface area contributed by atoms with Gasteiger partial charge in [-0.15, -0.1) is 0 Å². The molecule has 1 aliphatic carbocycles. The third-order valence-electron chi connectivity index (χ3n) is 8.17. The van der Waals surface area contributed by atoms with Gasteiger partial charge in [0, 0.05) is 25.7 Å². The summed E-state index contributed by atoms with van der Waals surface area (Å²) in [6, 6.07) is 6.84. The normalized spacial score (nSPS) is 18.2. The Labute approximate surface area is 237 Å². The minimum atomic E-state index is -0.715. The number of ether oxygens (including phenoxy) is 1. The van der Waals surface area contributed by atoms with Crippen LogP contribution in [0, 0.1) is 17.3 Å². The van der Waals surface area contributed by atoms with Gasteiger partial charge in [0.05, 0.1) is 25.1 Å². The third kappa shape index (κ3) is 9.02. The molecule has 0 radical (unpaired) electrons. The smallest absolute Gasteiger partial charge is 0.337 e. The van der Waals surface area contributed by atoms with Gasteiger partial charge in [0.25, 0.3) is 0 Å². The minimum Gasteiger partial charge on any atom is -0.465 e. The predicted molar refractivity (Wildman–Crippen MR) is 150 cm³/mol. The summed E-state index contributed by atoms with van der Waals surface area (Å²) in [4.78, 5) is 51.6. The molecule has 2 fully saturated rings. The first-order chi connectivity index (χ1) is 19.0. The van der Waals surface area contributed by atoms with E-state index in [-0.39, 0.29) is 30.4 Å². The Morgan fingerprint density at radius 3 is 2.27 bits per heavy atom. The molecule has 0 aromatic heterocycles. The Balaban J connectivity index is 1.55. The molecule has 1 heterocycles. The number of likely N-dealkylation sites (tertiary alicyclic amines) is 1. The highest BCUT2D eigenvalue weighted by Gasteiger charge is 2.38. The summed E-state index contributed by atoms with van der Waals surface area (Å²) >= 11 is 0. The van der Waals surface area contributed by atoms with E-state index < -0.39 is 17.4 Å². The van der Waals surface area contributed by atoms with Crippen LogP contribution in [-0.2, 0) is 25.7 Å². The number of methoxy groups -OCH3 is 1. The van der Waals surface area contributed by atoms with Crippen molar-refractivity contribution < 1.29 is 29.1 Å². The number of piperidine rings is 1. The predicted octanol–water partition coefficient (Wildman–Crippen LogP) is 3.13. The van der Waals surface area contributed by atoms with E-state index in [1.54, 1.807) is 12.1 Å². The maximum absolute atomic E-state index is 13.7. The van der Waals surface area contributed by atoms with Crippen molar-refractivity contribution in [1.29, 1.82) is 0 Å². The molecule has 0 spiro atoms. The quantitative estimate of drug-likeness (QED) is 0.156. The van der Waals surface area contributed by atoms with E-state index in [2.05, 4.69) is 10.6 Å². The lowest BCUT2D eigenvalue weighted by atomic mass is 9.84. The molecular weight excluding hydrogens is 512 g/mol. The van der Waals surface area contributed by atoms with Crippen LogP contribution in [0.3, 0.4) is 0 Å². The standard InChI is InChI=1S/C30H46N4O6/c1-30(2,3)26(32-27(36)24(19-34(39)20-35)17-21-7-5-6-8-21)28(37)33-15-13-25(14-16-33)31-18-22-9-11-23(12-10-22)29(38)40-4/h9-12,20-21,24-26,31,39H,5-8,13-19H2,1-4H3,(H,32,36)/t24?,26-/m1/s1. The lowest BCUT2D eigenvalue weighted by Gasteiger charge is -2.39. The van der Waals surface area contributed by atoms with Crippen molar-refractivity contribution >= 4 is 24.2 Å². The van der Waals surface area contributed by atoms with Gasteiger partial charge in [0.15, 0.2) is 0 Å². The molecule has 2 atom stereocenters. The third-order valence-corrected chi connectivity index (χ3v) is 8.17. The van der Waals surface area contributed by atoms with E-state index in [4.69, 9.17) is 4.74 Å². The fourth-order valence-corrected chi connectivity index (χ4v) is 5.72. The largest absolute Gasteiger partial charge is 0.465 e. The van der Waals surface area contributed by atoms with Crippen LogP contribution in [0.5, 0.6) is 0 Å². The van der Waals surface area contributed by atoms with Crippen LogP contribution in [-0.4, -0.2) is 78.2 Å². The summed E-state index contributed by atoms with van der Waals surface area (Å²) in [5.74, 6) is -0.948. The van der Waals surface area contributed by atoms with Gasteiger partial charge in [-0.1, -0.05) is 58.6 Å². The number of carbonyl (C=O) groups is 4. The Bertz CT molecular complexity index is 994. The average molecular weight is 559 g/mol. The van der Waals surface area contributed by atoms with Gasteiger partial charge >= 0.3 is 5.97 Å². The second-order valence-corrected chi connectivity index (χ2v) is 12.3. The molecule has 1 saturated heterocycles. The number of esters is 1. The fraction of sp³-hybridized carbons (Fsp3) is 0.667. The van der Waals surface area contributed by atoms with Crippen molar-refractivity contribution in [2.45, 2.75) is 84.3 Å². The highest BCUT2D eigenvalue weighted by molar-refractivity contribution is 5.90. The highest BCUT2D eigenvalue weighted by atomic mass is 16.5. The molecule has 1 aromatic carbocycles. The number of hydroxylamine groups is 2. The SMILES string of the molecule is COC(=O)c1ccc(CNC2CCN(C(=O)[C@@H](NC(=O)C(CC3CCCC3)CN(O)C=O)C(C)(C)C)CC2)cc1. The fourth-order valence-electron chi connectivity index (χ4n) is 5.72. The monoisotopic (exact) mass is 558 g/mol. The van der Waals surface area contributed by atoms with Gasteiger partial charge in [-0.25, -0.2) is 9.86 Å². The molecule has 1 aliphatic heterocycles. The Hall–Kier alpha value is -2.98. The summed E-state index contributed by atoms with van der Waals surface area (Å²) in [6.45, 7) is 7.55. The molecule has 40 heavy (non-hydrogen) atoms. The molecule has 222 valence electrons. The Morgan fingerprint density at radius 1 is 1.10 bits per heavy atom. The molecule has 2 aliphatic rings. The van der Waals surface area contributed by atoms with E-state index in [9.17, 15) is 24.4 Å². The number of hydrogen-bond acceptors (Lipinski definition) is 7. The zero-order chi connectivity index (χ0) is 29.3. The molecule has 3 rings (SSSR count). The van der Waals surface area contributed by atoms with Crippen LogP contribution in [0.4, 0.5) is 0 Å². The first-order valence-corrected chi connectivity index (χ1v) is 14.4. The first kappa shape index (κ1) is 31.5. The summed E-state index contributed by atoms with van der Waals surface area (Å²) in [7, 11) is 1.36. The van der Waals surface area contributed by atoms with Gasteiger partial charge in [0.1, 0.15) is 6.04 Å². The number of amides is 3. The van der Waals surface area contributed by atoms with Crippen molar-refractivity contribution in [2.75, 3.05) is 26.7 Å². The van der Waals surface area contributed by atoms with Crippen molar-refractivity contribution in [3.8, 4) is 0 Å².